The molecule has 1 N–H and O–H groups in total. The first kappa shape index (κ1) is 16.7. The molecule has 6 aliphatic rings. The number of anilines is 1. The maximum absolute atomic E-state index is 13.8. The lowest BCUT2D eigenvalue weighted by Crippen LogP contribution is -2.66. The largest absolute Gasteiger partial charge is 0.506 e. The molecule has 1 spiro atoms. The number of carbonyl (C=O) groups is 2. The summed E-state index contributed by atoms with van der Waals surface area (Å²) in [6, 6.07) is 5.10. The van der Waals surface area contributed by atoms with Crippen LogP contribution < -0.4 is 4.90 Å². The molecule has 1 aliphatic carbocycles. The van der Waals surface area contributed by atoms with Crippen molar-refractivity contribution in [2.45, 2.75) is 36.8 Å². The molecule has 0 aromatic heterocycles. The standard InChI is InChI=1S/C22H24N2O4/c1-23-7-6-22-14-3-2-4-15(25)20(14)24-18(27)10-16-19(21(22)24)13(9-17(22)26)12(11-23)5-8-28-16/h2-5,13,16,19,21,25H,6-11H2,1H3/t13-,16+,19-,21+,22+/m0/s1. The van der Waals surface area contributed by atoms with E-state index < -0.39 is 5.41 Å². The zero-order valence-corrected chi connectivity index (χ0v) is 15.9. The quantitative estimate of drug-likeness (QED) is 0.693. The van der Waals surface area contributed by atoms with Gasteiger partial charge in [-0.3, -0.25) is 9.59 Å². The van der Waals surface area contributed by atoms with E-state index in [2.05, 4.69) is 18.0 Å². The first-order valence-electron chi connectivity index (χ1n) is 10.2. The van der Waals surface area contributed by atoms with Crippen LogP contribution in [0.2, 0.25) is 0 Å². The van der Waals surface area contributed by atoms with E-state index in [0.29, 0.717) is 31.6 Å². The van der Waals surface area contributed by atoms with E-state index in [1.165, 1.54) is 5.57 Å². The molecular weight excluding hydrogens is 356 g/mol. The van der Waals surface area contributed by atoms with Crippen molar-refractivity contribution in [2.75, 3.05) is 31.6 Å². The summed E-state index contributed by atoms with van der Waals surface area (Å²) in [5, 5.41) is 10.7. The van der Waals surface area contributed by atoms with Crippen LogP contribution in [-0.2, 0) is 19.7 Å². The molecule has 1 amide bonds. The number of rotatable bonds is 0. The number of phenolic OH excluding ortho intramolecular Hbond substituents is 1. The van der Waals surface area contributed by atoms with Crippen molar-refractivity contribution < 1.29 is 19.4 Å². The summed E-state index contributed by atoms with van der Waals surface area (Å²) in [5.41, 5.74) is 1.91. The number of aromatic hydroxyl groups is 1. The van der Waals surface area contributed by atoms with Crippen LogP contribution in [0.3, 0.4) is 0 Å². The van der Waals surface area contributed by atoms with Gasteiger partial charge in [0.05, 0.1) is 36.3 Å². The molecular formula is C22H24N2O4. The predicted molar refractivity (Wildman–Crippen MR) is 102 cm³/mol. The SMILES string of the molecule is CN1CC[C@]23C(=O)C[C@H]4C(=CCO[C@@H]5CC(=O)N(c6c(O)cccc62)[C@@H]3[C@H]54)C1. The van der Waals surface area contributed by atoms with E-state index in [1.807, 2.05) is 6.07 Å². The average Bonchev–Trinajstić information content (AvgIpc) is 2.92. The third-order valence-corrected chi connectivity index (χ3v) is 7.80. The number of piperidine rings is 1. The number of benzene rings is 1. The van der Waals surface area contributed by atoms with Gasteiger partial charge in [0.2, 0.25) is 5.91 Å². The number of ketones is 1. The normalized spacial score (nSPS) is 39.0. The third kappa shape index (κ3) is 1.85. The van der Waals surface area contributed by atoms with Crippen LogP contribution >= 0.6 is 0 Å². The monoisotopic (exact) mass is 380 g/mol. The molecule has 0 unspecified atom stereocenters. The van der Waals surface area contributed by atoms with Crippen LogP contribution in [0.15, 0.2) is 29.8 Å². The Balaban J connectivity index is 1.67. The fourth-order valence-corrected chi connectivity index (χ4v) is 6.71. The summed E-state index contributed by atoms with van der Waals surface area (Å²) >= 11 is 0. The minimum absolute atomic E-state index is 0.0413. The highest BCUT2D eigenvalue weighted by molar-refractivity contribution is 6.07. The second-order valence-electron chi connectivity index (χ2n) is 9.01. The van der Waals surface area contributed by atoms with Gasteiger partial charge >= 0.3 is 0 Å². The highest BCUT2D eigenvalue weighted by Gasteiger charge is 2.68. The highest BCUT2D eigenvalue weighted by atomic mass is 16.5. The molecule has 1 aromatic rings. The van der Waals surface area contributed by atoms with E-state index in [1.54, 1.807) is 17.0 Å². The minimum atomic E-state index is -0.749. The van der Waals surface area contributed by atoms with Crippen LogP contribution in [-0.4, -0.2) is 60.6 Å². The number of hydrogen-bond acceptors (Lipinski definition) is 5. The summed E-state index contributed by atoms with van der Waals surface area (Å²) in [6.45, 7) is 2.12. The van der Waals surface area contributed by atoms with Crippen molar-refractivity contribution in [1.82, 2.24) is 4.90 Å². The van der Waals surface area contributed by atoms with E-state index in [9.17, 15) is 14.7 Å². The van der Waals surface area contributed by atoms with Crippen molar-refractivity contribution in [1.29, 1.82) is 0 Å². The van der Waals surface area contributed by atoms with Crippen molar-refractivity contribution >= 4 is 17.4 Å². The Morgan fingerprint density at radius 2 is 2.11 bits per heavy atom. The number of hydrogen-bond donors (Lipinski definition) is 1. The summed E-state index contributed by atoms with van der Waals surface area (Å²) in [6.07, 6.45) is 3.44. The summed E-state index contributed by atoms with van der Waals surface area (Å²) in [7, 11) is 2.10. The van der Waals surface area contributed by atoms with Crippen molar-refractivity contribution in [3.8, 4) is 5.75 Å². The fraction of sp³-hybridized carbons (Fsp3) is 0.545. The zero-order valence-electron chi connectivity index (χ0n) is 15.9. The molecule has 1 saturated carbocycles. The smallest absolute Gasteiger partial charge is 0.230 e. The average molecular weight is 380 g/mol. The molecule has 3 saturated heterocycles. The Labute approximate surface area is 163 Å². The molecule has 6 heteroatoms. The lowest BCUT2D eigenvalue weighted by molar-refractivity contribution is -0.140. The lowest BCUT2D eigenvalue weighted by atomic mass is 9.55. The minimum Gasteiger partial charge on any atom is -0.506 e. The first-order valence-corrected chi connectivity index (χ1v) is 10.2. The van der Waals surface area contributed by atoms with Gasteiger partial charge in [0, 0.05) is 18.9 Å². The van der Waals surface area contributed by atoms with Gasteiger partial charge < -0.3 is 19.6 Å². The Kier molecular flexibility index (Phi) is 3.26. The van der Waals surface area contributed by atoms with Gasteiger partial charge in [-0.15, -0.1) is 0 Å². The van der Waals surface area contributed by atoms with Gasteiger partial charge in [0.25, 0.3) is 0 Å². The lowest BCUT2D eigenvalue weighted by Gasteiger charge is -2.53. The Bertz CT molecular complexity index is 940. The van der Waals surface area contributed by atoms with Crippen LogP contribution in [0, 0.1) is 11.8 Å². The van der Waals surface area contributed by atoms with Crippen molar-refractivity contribution in [2.24, 2.45) is 11.8 Å². The van der Waals surface area contributed by atoms with Crippen LogP contribution in [0.1, 0.15) is 24.8 Å². The third-order valence-electron chi connectivity index (χ3n) is 7.80. The van der Waals surface area contributed by atoms with E-state index in [4.69, 9.17) is 4.74 Å². The topological polar surface area (TPSA) is 70.1 Å². The highest BCUT2D eigenvalue weighted by Crippen LogP contribution is 2.62. The number of likely N-dealkylation sites (N-methyl/N-ethyl adjacent to an activating group) is 1. The van der Waals surface area contributed by atoms with E-state index >= 15 is 0 Å². The number of para-hydroxylation sites is 1. The summed E-state index contributed by atoms with van der Waals surface area (Å²) < 4.78 is 6.17. The Morgan fingerprint density at radius 3 is 2.96 bits per heavy atom. The van der Waals surface area contributed by atoms with Gasteiger partial charge in [-0.1, -0.05) is 23.8 Å². The molecule has 5 aliphatic heterocycles. The fourth-order valence-electron chi connectivity index (χ4n) is 6.71. The number of carbonyl (C=O) groups excluding carboxylic acids is 2. The Morgan fingerprint density at radius 1 is 1.25 bits per heavy atom. The Hall–Kier alpha value is -2.18. The maximum atomic E-state index is 13.8. The van der Waals surface area contributed by atoms with Gasteiger partial charge in [0.1, 0.15) is 11.5 Å². The van der Waals surface area contributed by atoms with Crippen molar-refractivity contribution in [3.05, 3.63) is 35.4 Å². The summed E-state index contributed by atoms with van der Waals surface area (Å²) in [5.74, 6) is 0.455. The second kappa shape index (κ2) is 5.45. The number of phenols is 1. The number of Topliss-reactive ketones (excluding diaryl/α,β-unsaturated/α-hetero) is 1. The molecule has 5 heterocycles. The van der Waals surface area contributed by atoms with Crippen LogP contribution in [0.5, 0.6) is 5.75 Å². The molecule has 6 nitrogen and oxygen atoms in total. The number of fused-ring (bicyclic) bond motifs is 6. The van der Waals surface area contributed by atoms with Gasteiger partial charge in [-0.05, 0) is 37.6 Å². The van der Waals surface area contributed by atoms with Crippen LogP contribution in [0.25, 0.3) is 0 Å². The summed E-state index contributed by atoms with van der Waals surface area (Å²) in [4.78, 5) is 31.1. The molecule has 4 bridgehead atoms. The predicted octanol–water partition coefficient (Wildman–Crippen LogP) is 1.61. The number of amides is 1. The molecule has 0 radical (unpaired) electrons. The molecule has 5 atom stereocenters. The maximum Gasteiger partial charge on any atom is 0.230 e. The van der Waals surface area contributed by atoms with E-state index in [0.717, 1.165) is 18.7 Å². The first-order chi connectivity index (χ1) is 13.5. The number of nitrogens with zero attached hydrogens (tertiary/aromatic N) is 2. The van der Waals surface area contributed by atoms with E-state index in [-0.39, 0.29) is 41.4 Å². The molecule has 4 fully saturated rings. The molecule has 1 aromatic carbocycles. The molecule has 28 heavy (non-hydrogen) atoms. The van der Waals surface area contributed by atoms with Crippen LogP contribution in [0.4, 0.5) is 5.69 Å². The number of ether oxygens (including phenoxy) is 1. The molecule has 7 rings (SSSR count). The van der Waals surface area contributed by atoms with Gasteiger partial charge in [0.15, 0.2) is 0 Å². The second-order valence-corrected chi connectivity index (χ2v) is 9.01. The van der Waals surface area contributed by atoms with Gasteiger partial charge in [-0.2, -0.15) is 0 Å². The zero-order chi connectivity index (χ0) is 19.2. The van der Waals surface area contributed by atoms with Crippen molar-refractivity contribution in [3.63, 3.8) is 0 Å². The molecule has 146 valence electrons. The van der Waals surface area contributed by atoms with Gasteiger partial charge in [-0.25, -0.2) is 0 Å².